The number of ether oxygens (including phenoxy) is 1. The topological polar surface area (TPSA) is 122 Å². The molecule has 0 rings (SSSR count). The minimum atomic E-state index is -3.95. The van der Waals surface area contributed by atoms with Crippen molar-refractivity contribution in [1.29, 1.82) is 0 Å². The monoisotopic (exact) mass is 310 g/mol. The Kier molecular flexibility index (Phi) is 7.51. The zero-order chi connectivity index (χ0) is 15.8. The summed E-state index contributed by atoms with van der Waals surface area (Å²) in [6, 6.07) is 0. The number of hydrogen-bond donors (Lipinski definition) is 3. The summed E-state index contributed by atoms with van der Waals surface area (Å²) in [5.74, 6) is -0.886. The van der Waals surface area contributed by atoms with Gasteiger partial charge in [-0.3, -0.25) is 4.79 Å². The molecule has 0 aliphatic carbocycles. The molecule has 3 N–H and O–H groups in total. The summed E-state index contributed by atoms with van der Waals surface area (Å²) < 4.78 is 31.3. The highest BCUT2D eigenvalue weighted by Crippen LogP contribution is 2.25. The van der Waals surface area contributed by atoms with Gasteiger partial charge in [0.15, 0.2) is 0 Å². The fraction of sp³-hybridized carbons (Fsp3) is 0.818. The van der Waals surface area contributed by atoms with Crippen LogP contribution in [-0.2, 0) is 19.7 Å². The number of carbonyl (C=O) groups is 2. The van der Waals surface area contributed by atoms with Gasteiger partial charge in [-0.25, -0.2) is 9.52 Å². The van der Waals surface area contributed by atoms with Crippen LogP contribution < -0.4 is 9.44 Å². The molecule has 0 atom stereocenters. The first-order chi connectivity index (χ1) is 9.08. The Morgan fingerprint density at radius 1 is 1.25 bits per heavy atom. The zero-order valence-electron chi connectivity index (χ0n) is 11.9. The summed E-state index contributed by atoms with van der Waals surface area (Å²) in [6.07, 6.45) is -0.120. The smallest absolute Gasteiger partial charge is 0.421 e. The van der Waals surface area contributed by atoms with Crippen LogP contribution in [0, 0.1) is 5.41 Å². The molecule has 0 aromatic rings. The van der Waals surface area contributed by atoms with E-state index in [0.717, 1.165) is 0 Å². The number of carbonyl (C=O) groups excluding carboxylic acids is 1. The Bertz CT molecular complexity index is 432. The molecule has 0 unspecified atom stereocenters. The van der Waals surface area contributed by atoms with Gasteiger partial charge in [0.25, 0.3) is 0 Å². The molecule has 20 heavy (non-hydrogen) atoms. The lowest BCUT2D eigenvalue weighted by Gasteiger charge is -2.23. The molecule has 0 aliphatic rings. The molecule has 0 aliphatic heterocycles. The number of rotatable bonds is 9. The first-order valence-electron chi connectivity index (χ1n) is 6.24. The van der Waals surface area contributed by atoms with Crippen molar-refractivity contribution in [2.45, 2.75) is 40.0 Å². The van der Waals surface area contributed by atoms with Crippen LogP contribution in [0.1, 0.15) is 40.0 Å². The van der Waals surface area contributed by atoms with Gasteiger partial charge in [-0.2, -0.15) is 13.1 Å². The van der Waals surface area contributed by atoms with Gasteiger partial charge in [-0.05, 0) is 25.2 Å². The average molecular weight is 310 g/mol. The zero-order valence-corrected chi connectivity index (χ0v) is 12.7. The molecule has 0 saturated carbocycles. The first kappa shape index (κ1) is 18.7. The maximum atomic E-state index is 11.5. The van der Waals surface area contributed by atoms with Crippen molar-refractivity contribution in [2.24, 2.45) is 5.41 Å². The lowest BCUT2D eigenvalue weighted by Crippen LogP contribution is -2.41. The van der Waals surface area contributed by atoms with Gasteiger partial charge >= 0.3 is 22.3 Å². The van der Waals surface area contributed by atoms with Gasteiger partial charge in [0, 0.05) is 13.0 Å². The summed E-state index contributed by atoms with van der Waals surface area (Å²) in [6.45, 7) is 5.43. The molecule has 8 nitrogen and oxygen atoms in total. The summed E-state index contributed by atoms with van der Waals surface area (Å²) in [7, 11) is -3.95. The Labute approximate surface area is 119 Å². The van der Waals surface area contributed by atoms with Crippen molar-refractivity contribution < 1.29 is 27.9 Å². The predicted octanol–water partition coefficient (Wildman–Crippen LogP) is 0.848. The van der Waals surface area contributed by atoms with Crippen molar-refractivity contribution in [3.05, 3.63) is 0 Å². The lowest BCUT2D eigenvalue weighted by molar-refractivity contribution is -0.137. The van der Waals surface area contributed by atoms with Crippen molar-refractivity contribution in [3.8, 4) is 0 Å². The molecule has 0 spiro atoms. The minimum Gasteiger partial charge on any atom is -0.481 e. The molecule has 118 valence electrons. The van der Waals surface area contributed by atoms with Crippen LogP contribution in [-0.4, -0.2) is 38.7 Å². The van der Waals surface area contributed by atoms with Gasteiger partial charge in [0.2, 0.25) is 0 Å². The van der Waals surface area contributed by atoms with E-state index in [4.69, 9.17) is 5.11 Å². The molecule has 1 amide bonds. The van der Waals surface area contributed by atoms with E-state index < -0.39 is 22.3 Å². The number of aliphatic carboxylic acids is 1. The fourth-order valence-corrected chi connectivity index (χ4v) is 2.12. The average Bonchev–Trinajstić information content (AvgIpc) is 2.25. The predicted molar refractivity (Wildman–Crippen MR) is 72.3 cm³/mol. The molecule has 0 fully saturated rings. The van der Waals surface area contributed by atoms with Crippen LogP contribution in [0.3, 0.4) is 0 Å². The van der Waals surface area contributed by atoms with Gasteiger partial charge in [0.05, 0.1) is 6.61 Å². The fourth-order valence-electron chi connectivity index (χ4n) is 1.40. The second-order valence-electron chi connectivity index (χ2n) is 5.03. The standard InChI is InChI=1S/C11H22N2O6S/c1-4-19-10(16)13-20(17,18)12-8-7-11(2,3)6-5-9(14)15/h12H,4-8H2,1-3H3,(H,13,16)(H,14,15). The maximum absolute atomic E-state index is 11.5. The van der Waals surface area contributed by atoms with Gasteiger partial charge < -0.3 is 9.84 Å². The number of carboxylic acid groups (broad SMARTS) is 1. The van der Waals surface area contributed by atoms with Crippen LogP contribution in [0.4, 0.5) is 4.79 Å². The van der Waals surface area contributed by atoms with Crippen molar-refractivity contribution >= 4 is 22.3 Å². The molecular formula is C11H22N2O6S. The minimum absolute atomic E-state index is 0.0286. The first-order valence-corrected chi connectivity index (χ1v) is 7.72. The van der Waals surface area contributed by atoms with E-state index in [1.165, 1.54) is 0 Å². The van der Waals surface area contributed by atoms with Crippen molar-refractivity contribution in [2.75, 3.05) is 13.2 Å². The van der Waals surface area contributed by atoms with E-state index in [2.05, 4.69) is 9.46 Å². The third-order valence-corrected chi connectivity index (χ3v) is 3.62. The van der Waals surface area contributed by atoms with Crippen LogP contribution in [0.2, 0.25) is 0 Å². The third-order valence-electron chi connectivity index (χ3n) is 2.60. The highest BCUT2D eigenvalue weighted by atomic mass is 32.2. The summed E-state index contributed by atoms with van der Waals surface area (Å²) in [5, 5.41) is 8.61. The normalized spacial score (nSPS) is 11.9. The van der Waals surface area contributed by atoms with Gasteiger partial charge in [-0.15, -0.1) is 0 Å². The number of hydrogen-bond acceptors (Lipinski definition) is 5. The van der Waals surface area contributed by atoms with Crippen LogP contribution in [0.15, 0.2) is 0 Å². The SMILES string of the molecule is CCOC(=O)NS(=O)(=O)NCCC(C)(C)CCC(=O)O. The summed E-state index contributed by atoms with van der Waals surface area (Å²) in [4.78, 5) is 21.5. The Balaban J connectivity index is 4.14. The second-order valence-corrected chi connectivity index (χ2v) is 6.53. The summed E-state index contributed by atoms with van der Waals surface area (Å²) >= 11 is 0. The molecule has 9 heteroatoms. The van der Waals surface area contributed by atoms with Crippen LogP contribution in [0.25, 0.3) is 0 Å². The second kappa shape index (κ2) is 8.05. The molecule has 0 radical (unpaired) electrons. The van der Waals surface area contributed by atoms with E-state index in [1.54, 1.807) is 11.6 Å². The Morgan fingerprint density at radius 2 is 1.85 bits per heavy atom. The van der Waals surface area contributed by atoms with Gasteiger partial charge in [0.1, 0.15) is 0 Å². The molecule has 0 bridgehead atoms. The Morgan fingerprint density at radius 3 is 2.35 bits per heavy atom. The Hall–Kier alpha value is -1.35. The lowest BCUT2D eigenvalue weighted by atomic mass is 9.84. The highest BCUT2D eigenvalue weighted by molar-refractivity contribution is 7.88. The molecular weight excluding hydrogens is 288 g/mol. The van der Waals surface area contributed by atoms with E-state index >= 15 is 0 Å². The molecule has 0 aromatic carbocycles. The number of nitrogens with one attached hydrogen (secondary N) is 2. The van der Waals surface area contributed by atoms with E-state index in [0.29, 0.717) is 12.8 Å². The molecule has 0 saturated heterocycles. The third kappa shape index (κ3) is 9.56. The highest BCUT2D eigenvalue weighted by Gasteiger charge is 2.21. The number of carboxylic acids is 1. The van der Waals surface area contributed by atoms with E-state index in [9.17, 15) is 18.0 Å². The summed E-state index contributed by atoms with van der Waals surface area (Å²) in [5.41, 5.74) is -0.315. The number of amides is 1. The maximum Gasteiger partial charge on any atom is 0.421 e. The van der Waals surface area contributed by atoms with Crippen LogP contribution >= 0.6 is 0 Å². The van der Waals surface area contributed by atoms with E-state index in [1.807, 2.05) is 13.8 Å². The van der Waals surface area contributed by atoms with Crippen molar-refractivity contribution in [3.63, 3.8) is 0 Å². The molecule has 0 aromatic heterocycles. The van der Waals surface area contributed by atoms with Gasteiger partial charge in [-0.1, -0.05) is 13.8 Å². The van der Waals surface area contributed by atoms with Crippen LogP contribution in [0.5, 0.6) is 0 Å². The molecule has 0 heterocycles. The van der Waals surface area contributed by atoms with E-state index in [-0.39, 0.29) is 25.0 Å². The largest absolute Gasteiger partial charge is 0.481 e. The van der Waals surface area contributed by atoms with Crippen molar-refractivity contribution in [1.82, 2.24) is 9.44 Å². The quantitative estimate of drug-likeness (QED) is 0.580.